The molecule has 2 N–H and O–H groups in total. The zero-order valence-corrected chi connectivity index (χ0v) is 13.4. The first-order valence-electron chi connectivity index (χ1n) is 5.13. The highest BCUT2D eigenvalue weighted by Gasteiger charge is 2.44. The fraction of sp³-hybridized carbons (Fsp3) is 1.00. The van der Waals surface area contributed by atoms with Crippen molar-refractivity contribution >= 4 is 19.4 Å². The maximum Gasteiger partial charge on any atom is 0.591 e. The van der Waals surface area contributed by atoms with E-state index in [4.69, 9.17) is 19.0 Å². The summed E-state index contributed by atoms with van der Waals surface area (Å²) in [5, 5.41) is 0. The Bertz CT molecular complexity index is 162. The average molecular weight is 252 g/mol. The van der Waals surface area contributed by atoms with Gasteiger partial charge in [0.15, 0.2) is 0 Å². The summed E-state index contributed by atoms with van der Waals surface area (Å²) >= 11 is 0. The van der Waals surface area contributed by atoms with Crippen molar-refractivity contribution in [2.24, 2.45) is 11.7 Å². The molecule has 0 aromatic rings. The van der Waals surface area contributed by atoms with Crippen molar-refractivity contribution in [3.8, 4) is 0 Å². The Balaban J connectivity index is 4.31. The molecule has 0 aliphatic rings. The van der Waals surface area contributed by atoms with Crippen molar-refractivity contribution in [2.75, 3.05) is 34.4 Å². The highest BCUT2D eigenvalue weighted by atomic mass is 28.4. The zero-order chi connectivity index (χ0) is 11.9. The predicted octanol–water partition coefficient (Wildman–Crippen LogP) is -1.07. The molecule has 15 heavy (non-hydrogen) atoms. The molecule has 0 spiro atoms. The van der Waals surface area contributed by atoms with Crippen LogP contribution in [-0.4, -0.2) is 58.0 Å². The molecule has 1 atom stereocenters. The lowest BCUT2D eigenvalue weighted by molar-refractivity contribution is 0.0803. The SMILES string of the molecule is CO[Si](OC)(OC)N([SiH3])CC(C)CCN. The Hall–Kier alpha value is 0.234. The first-order valence-corrected chi connectivity index (χ1v) is 7.69. The van der Waals surface area contributed by atoms with Crippen LogP contribution >= 0.6 is 0 Å². The predicted molar refractivity (Wildman–Crippen MR) is 66.3 cm³/mol. The van der Waals surface area contributed by atoms with Gasteiger partial charge in [-0.2, -0.15) is 0 Å². The number of hydrogen-bond donors (Lipinski definition) is 1. The van der Waals surface area contributed by atoms with Gasteiger partial charge in [-0.25, -0.2) is 0 Å². The van der Waals surface area contributed by atoms with E-state index in [9.17, 15) is 0 Å². The number of hydrogen-bond acceptors (Lipinski definition) is 5. The molecule has 7 heteroatoms. The summed E-state index contributed by atoms with van der Waals surface area (Å²) in [5.74, 6) is 0.542. The minimum Gasteiger partial charge on any atom is -0.365 e. The molecule has 0 aromatic carbocycles. The van der Waals surface area contributed by atoms with Crippen LogP contribution in [0, 0.1) is 5.92 Å². The molecule has 0 saturated carbocycles. The first-order chi connectivity index (χ1) is 7.06. The average Bonchev–Trinajstić information content (AvgIpc) is 2.21. The Kier molecular flexibility index (Phi) is 7.61. The van der Waals surface area contributed by atoms with Gasteiger partial charge in [-0.3, -0.25) is 4.23 Å². The quantitative estimate of drug-likeness (QED) is 0.558. The number of nitrogens with two attached hydrogens (primary N) is 1. The van der Waals surface area contributed by atoms with E-state index in [1.54, 1.807) is 21.3 Å². The topological polar surface area (TPSA) is 57.0 Å². The Morgan fingerprint density at radius 1 is 1.27 bits per heavy atom. The lowest BCUT2D eigenvalue weighted by Crippen LogP contribution is -2.59. The van der Waals surface area contributed by atoms with E-state index in [1.165, 1.54) is 0 Å². The van der Waals surface area contributed by atoms with E-state index in [0.29, 0.717) is 5.92 Å². The molecule has 0 aromatic heterocycles. The lowest BCUT2D eigenvalue weighted by Gasteiger charge is -2.34. The van der Waals surface area contributed by atoms with E-state index >= 15 is 0 Å². The molecule has 0 fully saturated rings. The first kappa shape index (κ1) is 15.2. The third kappa shape index (κ3) is 4.31. The summed E-state index contributed by atoms with van der Waals surface area (Å²) in [6, 6.07) is 0. The van der Waals surface area contributed by atoms with E-state index in [-0.39, 0.29) is 0 Å². The number of rotatable bonds is 8. The van der Waals surface area contributed by atoms with Crippen LogP contribution < -0.4 is 5.73 Å². The van der Waals surface area contributed by atoms with Gasteiger partial charge in [0.25, 0.3) is 0 Å². The monoisotopic (exact) mass is 252 g/mol. The molecule has 0 heterocycles. The van der Waals surface area contributed by atoms with Gasteiger partial charge >= 0.3 is 8.97 Å². The highest BCUT2D eigenvalue weighted by molar-refractivity contribution is 6.62. The Morgan fingerprint density at radius 3 is 2.07 bits per heavy atom. The van der Waals surface area contributed by atoms with Crippen molar-refractivity contribution in [2.45, 2.75) is 13.3 Å². The van der Waals surface area contributed by atoms with Crippen LogP contribution in [0.15, 0.2) is 0 Å². The summed E-state index contributed by atoms with van der Waals surface area (Å²) in [7, 11) is 3.21. The molecule has 92 valence electrons. The van der Waals surface area contributed by atoms with Crippen molar-refractivity contribution in [1.29, 1.82) is 0 Å². The van der Waals surface area contributed by atoms with Crippen LogP contribution in [0.2, 0.25) is 0 Å². The second kappa shape index (κ2) is 7.50. The summed E-state index contributed by atoms with van der Waals surface area (Å²) < 4.78 is 18.4. The molecule has 0 rings (SSSR count). The fourth-order valence-electron chi connectivity index (χ4n) is 1.67. The summed E-state index contributed by atoms with van der Waals surface area (Å²) in [6.45, 7) is 3.82. The van der Waals surface area contributed by atoms with Gasteiger partial charge in [-0.15, -0.1) is 0 Å². The largest absolute Gasteiger partial charge is 0.591 e. The van der Waals surface area contributed by atoms with Gasteiger partial charge in [-0.1, -0.05) is 6.92 Å². The standard InChI is InChI=1S/C8H24N2O3Si2/c1-8(5-6-9)7-10(14)15(11-2,12-3)13-4/h8H,5-7,9H2,1-4,14H3. The third-order valence-electron chi connectivity index (χ3n) is 2.49. The lowest BCUT2D eigenvalue weighted by atomic mass is 10.1. The summed E-state index contributed by atoms with van der Waals surface area (Å²) in [6.07, 6.45) is 1.01. The molecule has 0 amide bonds. The van der Waals surface area contributed by atoms with Crippen LogP contribution in [-0.2, 0) is 13.3 Å². The Labute approximate surface area is 96.8 Å². The molecule has 0 aliphatic carbocycles. The van der Waals surface area contributed by atoms with E-state index in [0.717, 1.165) is 29.9 Å². The summed E-state index contributed by atoms with van der Waals surface area (Å²) in [5.41, 5.74) is 5.52. The van der Waals surface area contributed by atoms with Crippen LogP contribution in [0.4, 0.5) is 0 Å². The molecule has 5 nitrogen and oxygen atoms in total. The fourth-order valence-corrected chi connectivity index (χ4v) is 5.91. The normalized spacial score (nSPS) is 14.8. The molecule has 0 bridgehead atoms. The smallest absolute Gasteiger partial charge is 0.365 e. The molecular formula is C8H24N2O3Si2. The van der Waals surface area contributed by atoms with Crippen molar-refractivity contribution in [3.63, 3.8) is 0 Å². The van der Waals surface area contributed by atoms with Gasteiger partial charge in [0.2, 0.25) is 0 Å². The minimum absolute atomic E-state index is 0.542. The molecule has 0 radical (unpaired) electrons. The van der Waals surface area contributed by atoms with Crippen molar-refractivity contribution in [3.05, 3.63) is 0 Å². The summed E-state index contributed by atoms with van der Waals surface area (Å²) in [4.78, 5) is 0. The zero-order valence-electron chi connectivity index (χ0n) is 10.4. The molecule has 0 saturated heterocycles. The van der Waals surface area contributed by atoms with Crippen LogP contribution in [0.5, 0.6) is 0 Å². The highest BCUT2D eigenvalue weighted by Crippen LogP contribution is 2.13. The van der Waals surface area contributed by atoms with Crippen LogP contribution in [0.3, 0.4) is 0 Å². The minimum atomic E-state index is -2.56. The maximum atomic E-state index is 5.52. The second-order valence-electron chi connectivity index (χ2n) is 3.70. The third-order valence-corrected chi connectivity index (χ3v) is 7.16. The van der Waals surface area contributed by atoms with E-state index in [2.05, 4.69) is 11.2 Å². The second-order valence-corrected chi connectivity index (χ2v) is 8.71. The molecule has 0 aliphatic heterocycles. The van der Waals surface area contributed by atoms with Gasteiger partial charge in [-0.05, 0) is 25.4 Å². The number of nitrogens with zero attached hydrogens (tertiary/aromatic N) is 1. The maximum absolute atomic E-state index is 5.52. The van der Waals surface area contributed by atoms with Crippen molar-refractivity contribution in [1.82, 2.24) is 4.23 Å². The van der Waals surface area contributed by atoms with Gasteiger partial charge < -0.3 is 19.0 Å². The van der Waals surface area contributed by atoms with E-state index < -0.39 is 8.97 Å². The van der Waals surface area contributed by atoms with Gasteiger partial charge in [0, 0.05) is 21.3 Å². The van der Waals surface area contributed by atoms with Gasteiger partial charge in [0.1, 0.15) is 0 Å². The Morgan fingerprint density at radius 2 is 1.73 bits per heavy atom. The van der Waals surface area contributed by atoms with Gasteiger partial charge in [0.05, 0.1) is 10.4 Å². The molecule has 1 unspecified atom stereocenters. The van der Waals surface area contributed by atoms with E-state index in [1.807, 2.05) is 0 Å². The van der Waals surface area contributed by atoms with Crippen LogP contribution in [0.1, 0.15) is 13.3 Å². The van der Waals surface area contributed by atoms with Crippen LogP contribution in [0.25, 0.3) is 0 Å². The molecular weight excluding hydrogens is 228 g/mol. The van der Waals surface area contributed by atoms with Crippen molar-refractivity contribution < 1.29 is 13.3 Å².